The summed E-state index contributed by atoms with van der Waals surface area (Å²) in [7, 11) is 2.06. The van der Waals surface area contributed by atoms with Gasteiger partial charge in [0.05, 0.1) is 29.6 Å². The molecule has 1 saturated heterocycles. The van der Waals surface area contributed by atoms with E-state index in [1.807, 2.05) is 41.9 Å². The van der Waals surface area contributed by atoms with Crippen LogP contribution in [0, 0.1) is 6.92 Å². The average molecular weight is 536 g/mol. The molecule has 1 aliphatic heterocycles. The predicted octanol–water partition coefficient (Wildman–Crippen LogP) is 3.86. The van der Waals surface area contributed by atoms with E-state index in [1.165, 1.54) is 0 Å². The van der Waals surface area contributed by atoms with Crippen molar-refractivity contribution in [2.45, 2.75) is 45.7 Å². The molecule has 1 fully saturated rings. The third-order valence-corrected chi connectivity index (χ3v) is 7.67. The molecule has 9 heteroatoms. The Morgan fingerprint density at radius 3 is 2.75 bits per heavy atom. The summed E-state index contributed by atoms with van der Waals surface area (Å²) in [6.45, 7) is 6.46. The molecule has 1 amide bonds. The fourth-order valence-corrected chi connectivity index (χ4v) is 5.65. The summed E-state index contributed by atoms with van der Waals surface area (Å²) in [5, 5.41) is 9.02. The van der Waals surface area contributed by atoms with E-state index in [0.717, 1.165) is 59.5 Å². The van der Waals surface area contributed by atoms with Crippen molar-refractivity contribution >= 4 is 28.2 Å². The van der Waals surface area contributed by atoms with Gasteiger partial charge in [-0.3, -0.25) is 23.7 Å². The van der Waals surface area contributed by atoms with Crippen molar-refractivity contribution in [2.75, 3.05) is 20.1 Å². The van der Waals surface area contributed by atoms with Gasteiger partial charge in [-0.1, -0.05) is 25.1 Å². The lowest BCUT2D eigenvalue weighted by Crippen LogP contribution is -2.36. The number of pyridine rings is 2. The zero-order chi connectivity index (χ0) is 27.8. The van der Waals surface area contributed by atoms with Gasteiger partial charge in [0.15, 0.2) is 5.78 Å². The second-order valence-corrected chi connectivity index (χ2v) is 10.6. The van der Waals surface area contributed by atoms with Crippen LogP contribution < -0.4 is 5.32 Å². The van der Waals surface area contributed by atoms with Gasteiger partial charge in [-0.25, -0.2) is 4.98 Å². The minimum Gasteiger partial charge on any atom is -0.348 e. The molecule has 5 heterocycles. The van der Waals surface area contributed by atoms with Crippen LogP contribution in [-0.4, -0.2) is 66.9 Å². The molecule has 5 aromatic rings. The number of likely N-dealkylation sites (N-methyl/N-ethyl adjacent to an activating group) is 1. The number of aromatic nitrogens is 5. The third kappa shape index (κ3) is 5.00. The minimum absolute atomic E-state index is 0.0404. The van der Waals surface area contributed by atoms with Gasteiger partial charge in [-0.15, -0.1) is 0 Å². The number of carbonyl (C=O) groups is 2. The number of ketones is 1. The van der Waals surface area contributed by atoms with Gasteiger partial charge >= 0.3 is 0 Å². The Hall–Kier alpha value is -4.37. The molecule has 0 spiro atoms. The Kier molecular flexibility index (Phi) is 6.89. The van der Waals surface area contributed by atoms with Crippen LogP contribution in [0.2, 0.25) is 0 Å². The minimum atomic E-state index is -0.115. The normalized spacial score (nSPS) is 15.7. The highest BCUT2D eigenvalue weighted by molar-refractivity contribution is 6.00. The first-order valence-electron chi connectivity index (χ1n) is 13.8. The van der Waals surface area contributed by atoms with E-state index in [0.29, 0.717) is 23.4 Å². The standard InChI is InChI=1S/C31H33N7O2/c1-4-25-30-21(8-6-10-26(30)38(35-25)19-23-9-5-7-20(2)33-23)15-28(39)27-17-32-29-16-22(11-14-37(27)29)31(40)34-24-12-13-36(3)18-24/h5-11,14,16-17,24H,4,12-13,15,18-19H2,1-3H3,(H,34,40). The first-order valence-corrected chi connectivity index (χ1v) is 13.8. The third-order valence-electron chi connectivity index (χ3n) is 7.67. The number of Topliss-reactive ketones (excluding diaryl/α,β-unsaturated/α-hetero) is 1. The number of carbonyl (C=O) groups excluding carboxylic acids is 2. The molecule has 1 unspecified atom stereocenters. The van der Waals surface area contributed by atoms with E-state index >= 15 is 0 Å². The van der Waals surface area contributed by atoms with Crippen LogP contribution in [-0.2, 0) is 19.4 Å². The lowest BCUT2D eigenvalue weighted by molar-refractivity contribution is 0.0937. The molecule has 6 rings (SSSR count). The number of aryl methyl sites for hydroxylation is 2. The Morgan fingerprint density at radius 2 is 1.98 bits per heavy atom. The maximum absolute atomic E-state index is 13.6. The van der Waals surface area contributed by atoms with E-state index < -0.39 is 0 Å². The second-order valence-electron chi connectivity index (χ2n) is 10.6. The molecule has 1 N–H and O–H groups in total. The summed E-state index contributed by atoms with van der Waals surface area (Å²) < 4.78 is 3.74. The highest BCUT2D eigenvalue weighted by atomic mass is 16.1. The number of hydrogen-bond acceptors (Lipinski definition) is 6. The lowest BCUT2D eigenvalue weighted by atomic mass is 10.0. The molecule has 0 saturated carbocycles. The highest BCUT2D eigenvalue weighted by Gasteiger charge is 2.23. The SMILES string of the molecule is CCc1nn(Cc2cccc(C)n2)c2cccc(CC(=O)c3cnc4cc(C(=O)NC5CCN(C)C5)ccn34)c12. The number of nitrogens with zero attached hydrogens (tertiary/aromatic N) is 6. The zero-order valence-electron chi connectivity index (χ0n) is 23.1. The summed E-state index contributed by atoms with van der Waals surface area (Å²) in [6, 6.07) is 15.7. The Balaban J connectivity index is 1.25. The Bertz CT molecular complexity index is 1730. The van der Waals surface area contributed by atoms with Crippen molar-refractivity contribution in [1.82, 2.24) is 34.4 Å². The monoisotopic (exact) mass is 535 g/mol. The van der Waals surface area contributed by atoms with Gasteiger partial charge < -0.3 is 10.2 Å². The number of amides is 1. The van der Waals surface area contributed by atoms with Gasteiger partial charge in [0.1, 0.15) is 11.3 Å². The summed E-state index contributed by atoms with van der Waals surface area (Å²) in [5.41, 5.74) is 6.42. The van der Waals surface area contributed by atoms with Crippen molar-refractivity contribution < 1.29 is 9.59 Å². The molecular formula is C31H33N7O2. The van der Waals surface area contributed by atoms with Crippen molar-refractivity contribution in [3.8, 4) is 0 Å². The number of likely N-dealkylation sites (tertiary alicyclic amines) is 1. The van der Waals surface area contributed by atoms with Gasteiger partial charge in [0.25, 0.3) is 5.91 Å². The molecule has 0 bridgehead atoms. The van der Waals surface area contributed by atoms with Gasteiger partial charge in [0, 0.05) is 41.8 Å². The molecule has 40 heavy (non-hydrogen) atoms. The first-order chi connectivity index (χ1) is 19.4. The Morgan fingerprint density at radius 1 is 1.12 bits per heavy atom. The number of hydrogen-bond donors (Lipinski definition) is 1. The maximum Gasteiger partial charge on any atom is 0.251 e. The van der Waals surface area contributed by atoms with Crippen LogP contribution in [0.1, 0.15) is 56.8 Å². The molecule has 4 aromatic heterocycles. The number of benzene rings is 1. The second kappa shape index (κ2) is 10.7. The summed E-state index contributed by atoms with van der Waals surface area (Å²) in [4.78, 5) is 37.7. The maximum atomic E-state index is 13.6. The molecule has 0 aliphatic carbocycles. The zero-order valence-corrected chi connectivity index (χ0v) is 23.1. The van der Waals surface area contributed by atoms with Crippen molar-refractivity contribution in [3.63, 3.8) is 0 Å². The molecular weight excluding hydrogens is 502 g/mol. The Labute approximate surface area is 232 Å². The van der Waals surface area contributed by atoms with Gasteiger partial charge in [-0.05, 0) is 69.3 Å². The van der Waals surface area contributed by atoms with E-state index in [4.69, 9.17) is 5.10 Å². The largest absolute Gasteiger partial charge is 0.348 e. The number of fused-ring (bicyclic) bond motifs is 2. The summed E-state index contributed by atoms with van der Waals surface area (Å²) in [5.74, 6) is -0.156. The topological polar surface area (TPSA) is 97.4 Å². The molecule has 9 nitrogen and oxygen atoms in total. The van der Waals surface area contributed by atoms with Gasteiger partial charge in [-0.2, -0.15) is 5.10 Å². The van der Waals surface area contributed by atoms with Gasteiger partial charge in [0.2, 0.25) is 0 Å². The molecule has 0 radical (unpaired) electrons. The van der Waals surface area contributed by atoms with E-state index in [9.17, 15) is 9.59 Å². The number of rotatable bonds is 8. The molecule has 204 valence electrons. The van der Waals surface area contributed by atoms with Crippen LogP contribution >= 0.6 is 0 Å². The van der Waals surface area contributed by atoms with Crippen LogP contribution in [0.5, 0.6) is 0 Å². The summed E-state index contributed by atoms with van der Waals surface area (Å²) in [6.07, 6.45) is 5.29. The quantitative estimate of drug-likeness (QED) is 0.303. The molecule has 1 aliphatic rings. The fraction of sp³-hybridized carbons (Fsp3) is 0.323. The molecule has 1 atom stereocenters. The predicted molar refractivity (Wildman–Crippen MR) is 154 cm³/mol. The smallest absolute Gasteiger partial charge is 0.251 e. The summed E-state index contributed by atoms with van der Waals surface area (Å²) >= 11 is 0. The van der Waals surface area contributed by atoms with E-state index in [2.05, 4.69) is 40.2 Å². The number of imidazole rings is 1. The van der Waals surface area contributed by atoms with Crippen molar-refractivity contribution in [3.05, 3.63) is 94.8 Å². The lowest BCUT2D eigenvalue weighted by Gasteiger charge is -2.13. The fourth-order valence-electron chi connectivity index (χ4n) is 5.65. The van der Waals surface area contributed by atoms with E-state index in [-0.39, 0.29) is 24.2 Å². The van der Waals surface area contributed by atoms with Crippen molar-refractivity contribution in [1.29, 1.82) is 0 Å². The molecule has 1 aromatic carbocycles. The number of nitrogens with one attached hydrogen (secondary N) is 1. The van der Waals surface area contributed by atoms with Crippen LogP contribution in [0.25, 0.3) is 16.6 Å². The first kappa shape index (κ1) is 25.9. The van der Waals surface area contributed by atoms with E-state index in [1.54, 1.807) is 28.9 Å². The van der Waals surface area contributed by atoms with Crippen LogP contribution in [0.15, 0.2) is 60.9 Å². The van der Waals surface area contributed by atoms with Crippen molar-refractivity contribution in [2.24, 2.45) is 0 Å². The highest BCUT2D eigenvalue weighted by Crippen LogP contribution is 2.26. The van der Waals surface area contributed by atoms with Crippen LogP contribution in [0.3, 0.4) is 0 Å². The average Bonchev–Trinajstić information content (AvgIpc) is 3.65. The van der Waals surface area contributed by atoms with Crippen LogP contribution in [0.4, 0.5) is 0 Å².